The third kappa shape index (κ3) is 2.70. The Morgan fingerprint density at radius 2 is 2.44 bits per heavy atom. The van der Waals surface area contributed by atoms with Gasteiger partial charge in [-0.3, -0.25) is 4.79 Å². The number of benzene rings is 1. The number of anilines is 1. The van der Waals surface area contributed by atoms with E-state index in [9.17, 15) is 4.79 Å². The molecule has 0 saturated carbocycles. The lowest BCUT2D eigenvalue weighted by molar-refractivity contribution is -0.137. The molecule has 1 aromatic carbocycles. The van der Waals surface area contributed by atoms with E-state index in [0.29, 0.717) is 6.42 Å². The molecule has 0 spiro atoms. The van der Waals surface area contributed by atoms with Crippen molar-refractivity contribution < 1.29 is 9.90 Å². The summed E-state index contributed by atoms with van der Waals surface area (Å²) in [7, 11) is 0. The molecule has 4 heteroatoms. The van der Waals surface area contributed by atoms with Gasteiger partial charge in [-0.25, -0.2) is 0 Å². The molecule has 1 atom stereocenters. The minimum Gasteiger partial charge on any atom is -0.481 e. The van der Waals surface area contributed by atoms with E-state index in [-0.39, 0.29) is 12.5 Å². The highest BCUT2D eigenvalue weighted by Crippen LogP contribution is 2.34. The van der Waals surface area contributed by atoms with Crippen LogP contribution in [0.15, 0.2) is 23.1 Å². The topological polar surface area (TPSA) is 49.3 Å². The number of hydrogen-bond donors (Lipinski definition) is 2. The summed E-state index contributed by atoms with van der Waals surface area (Å²) in [6.45, 7) is 2.08. The molecule has 2 rings (SSSR count). The molecule has 0 saturated heterocycles. The Bertz CT molecular complexity index is 406. The zero-order chi connectivity index (χ0) is 11.5. The first-order valence-corrected chi connectivity index (χ1v) is 6.35. The number of carboxylic acid groups (broad SMARTS) is 1. The van der Waals surface area contributed by atoms with Gasteiger partial charge in [-0.2, -0.15) is 0 Å². The van der Waals surface area contributed by atoms with Gasteiger partial charge in [0.05, 0.1) is 0 Å². The smallest absolute Gasteiger partial charge is 0.303 e. The summed E-state index contributed by atoms with van der Waals surface area (Å²) in [5.74, 6) is 0.227. The van der Waals surface area contributed by atoms with Crippen molar-refractivity contribution in [2.75, 3.05) is 11.1 Å². The Morgan fingerprint density at radius 1 is 1.62 bits per heavy atom. The highest BCUT2D eigenvalue weighted by atomic mass is 32.2. The molecule has 0 radical (unpaired) electrons. The van der Waals surface area contributed by atoms with Crippen LogP contribution >= 0.6 is 11.8 Å². The van der Waals surface area contributed by atoms with Crippen molar-refractivity contribution in [3.8, 4) is 0 Å². The van der Waals surface area contributed by atoms with Crippen molar-refractivity contribution in [2.24, 2.45) is 0 Å². The van der Waals surface area contributed by atoms with Crippen molar-refractivity contribution in [2.45, 2.75) is 30.7 Å². The highest BCUT2D eigenvalue weighted by Gasteiger charge is 2.18. The van der Waals surface area contributed by atoms with E-state index in [1.807, 2.05) is 11.8 Å². The maximum atomic E-state index is 10.5. The van der Waals surface area contributed by atoms with Gasteiger partial charge < -0.3 is 10.4 Å². The van der Waals surface area contributed by atoms with Gasteiger partial charge in [0, 0.05) is 28.8 Å². The van der Waals surface area contributed by atoms with E-state index >= 15 is 0 Å². The third-order valence-electron chi connectivity index (χ3n) is 2.64. The average molecular weight is 237 g/mol. The number of nitrogens with one attached hydrogen (secondary N) is 1. The Morgan fingerprint density at radius 3 is 3.19 bits per heavy atom. The largest absolute Gasteiger partial charge is 0.481 e. The predicted octanol–water partition coefficient (Wildman–Crippen LogP) is 2.75. The van der Waals surface area contributed by atoms with E-state index in [0.717, 1.165) is 11.4 Å². The molecular weight excluding hydrogens is 222 g/mol. The molecule has 1 aromatic rings. The third-order valence-corrected chi connectivity index (χ3v) is 3.86. The lowest BCUT2D eigenvalue weighted by atomic mass is 10.1. The molecule has 1 unspecified atom stereocenters. The minimum atomic E-state index is -0.721. The summed E-state index contributed by atoms with van der Waals surface area (Å²) < 4.78 is 0. The number of carbonyl (C=O) groups is 1. The van der Waals surface area contributed by atoms with Crippen LogP contribution in [0.5, 0.6) is 0 Å². The standard InChI is InChI=1S/C12H15NO2S/c1-8-2-4-10-11(6-8)16-7-9(13-10)3-5-12(14)15/h2,4,6,9,13H,3,5,7H2,1H3,(H,14,15). The molecule has 0 bridgehead atoms. The summed E-state index contributed by atoms with van der Waals surface area (Å²) in [6, 6.07) is 6.59. The Balaban J connectivity index is 2.01. The molecule has 0 amide bonds. The van der Waals surface area contributed by atoms with Gasteiger partial charge in [0.2, 0.25) is 0 Å². The predicted molar refractivity (Wildman–Crippen MR) is 66.2 cm³/mol. The lowest BCUT2D eigenvalue weighted by Crippen LogP contribution is -2.26. The molecule has 0 aromatic heterocycles. The fourth-order valence-electron chi connectivity index (χ4n) is 1.77. The molecule has 1 aliphatic rings. The van der Waals surface area contributed by atoms with Crippen LogP contribution in [0.2, 0.25) is 0 Å². The van der Waals surface area contributed by atoms with Gasteiger partial charge in [0.15, 0.2) is 0 Å². The molecular formula is C12H15NO2S. The summed E-state index contributed by atoms with van der Waals surface area (Å²) in [5, 5.41) is 12.0. The number of aliphatic carboxylic acids is 1. The van der Waals surface area contributed by atoms with Gasteiger partial charge in [-0.1, -0.05) is 6.07 Å². The normalized spacial score (nSPS) is 18.7. The molecule has 86 valence electrons. The maximum absolute atomic E-state index is 10.5. The lowest BCUT2D eigenvalue weighted by Gasteiger charge is -2.26. The van der Waals surface area contributed by atoms with Crippen molar-refractivity contribution >= 4 is 23.4 Å². The zero-order valence-corrected chi connectivity index (χ0v) is 10.0. The first kappa shape index (κ1) is 11.3. The molecule has 0 aliphatic carbocycles. The van der Waals surface area contributed by atoms with Crippen molar-refractivity contribution in [1.82, 2.24) is 0 Å². The molecule has 2 N–H and O–H groups in total. The van der Waals surface area contributed by atoms with Gasteiger partial charge in [-0.05, 0) is 31.0 Å². The van der Waals surface area contributed by atoms with Crippen molar-refractivity contribution in [3.05, 3.63) is 23.8 Å². The summed E-state index contributed by atoms with van der Waals surface area (Å²) in [4.78, 5) is 11.8. The van der Waals surface area contributed by atoms with Gasteiger partial charge in [0.1, 0.15) is 0 Å². The van der Waals surface area contributed by atoms with Crippen LogP contribution in [0.4, 0.5) is 5.69 Å². The first-order chi connectivity index (χ1) is 7.65. The quantitative estimate of drug-likeness (QED) is 0.848. The molecule has 3 nitrogen and oxygen atoms in total. The fraction of sp³-hybridized carbons (Fsp3) is 0.417. The Hall–Kier alpha value is -1.16. The van der Waals surface area contributed by atoms with E-state index in [1.165, 1.54) is 10.5 Å². The molecule has 16 heavy (non-hydrogen) atoms. The SMILES string of the molecule is Cc1ccc2c(c1)SCC(CCC(=O)O)N2. The van der Waals surface area contributed by atoms with Crippen LogP contribution in [0.1, 0.15) is 18.4 Å². The van der Waals surface area contributed by atoms with Gasteiger partial charge >= 0.3 is 5.97 Å². The van der Waals surface area contributed by atoms with Crippen molar-refractivity contribution in [3.63, 3.8) is 0 Å². The Labute approximate surface area is 99.2 Å². The molecule has 0 fully saturated rings. The highest BCUT2D eigenvalue weighted by molar-refractivity contribution is 7.99. The van der Waals surface area contributed by atoms with Crippen LogP contribution in [-0.2, 0) is 4.79 Å². The molecule has 1 aliphatic heterocycles. The second kappa shape index (κ2) is 4.78. The number of hydrogen-bond acceptors (Lipinski definition) is 3. The summed E-state index contributed by atoms with van der Waals surface area (Å²) in [6.07, 6.45) is 0.926. The van der Waals surface area contributed by atoms with Crippen LogP contribution in [0, 0.1) is 6.92 Å². The van der Waals surface area contributed by atoms with Gasteiger partial charge in [0.25, 0.3) is 0 Å². The number of thioether (sulfide) groups is 1. The van der Waals surface area contributed by atoms with E-state index in [1.54, 1.807) is 0 Å². The average Bonchev–Trinajstić information content (AvgIpc) is 2.26. The fourth-order valence-corrected chi connectivity index (χ4v) is 2.96. The minimum absolute atomic E-state index is 0.236. The second-order valence-electron chi connectivity index (χ2n) is 4.08. The number of fused-ring (bicyclic) bond motifs is 1. The maximum Gasteiger partial charge on any atom is 0.303 e. The number of rotatable bonds is 3. The summed E-state index contributed by atoms with van der Waals surface area (Å²) in [5.41, 5.74) is 2.40. The van der Waals surface area contributed by atoms with E-state index in [4.69, 9.17) is 5.11 Å². The zero-order valence-electron chi connectivity index (χ0n) is 9.19. The molecule has 1 heterocycles. The van der Waals surface area contributed by atoms with Crippen molar-refractivity contribution in [1.29, 1.82) is 0 Å². The first-order valence-electron chi connectivity index (χ1n) is 5.37. The monoisotopic (exact) mass is 237 g/mol. The number of carboxylic acids is 1. The van der Waals surface area contributed by atoms with Crippen LogP contribution < -0.4 is 5.32 Å². The Kier molecular flexibility index (Phi) is 3.39. The number of aryl methyl sites for hydroxylation is 1. The second-order valence-corrected chi connectivity index (χ2v) is 5.15. The van der Waals surface area contributed by atoms with Crippen LogP contribution in [0.25, 0.3) is 0 Å². The van der Waals surface area contributed by atoms with E-state index < -0.39 is 5.97 Å². The summed E-state index contributed by atoms with van der Waals surface area (Å²) >= 11 is 1.81. The van der Waals surface area contributed by atoms with Gasteiger partial charge in [-0.15, -0.1) is 11.8 Å². The van der Waals surface area contributed by atoms with Crippen LogP contribution in [0.3, 0.4) is 0 Å². The van der Waals surface area contributed by atoms with Crippen LogP contribution in [-0.4, -0.2) is 22.9 Å². The van der Waals surface area contributed by atoms with E-state index in [2.05, 4.69) is 30.4 Å².